The van der Waals surface area contributed by atoms with Crippen LogP contribution < -0.4 is 0 Å². The van der Waals surface area contributed by atoms with Crippen LogP contribution in [0.4, 0.5) is 0 Å². The molecule has 0 bridgehead atoms. The van der Waals surface area contributed by atoms with Gasteiger partial charge in [-0.15, -0.1) is 10.2 Å². The molecule has 0 radical (unpaired) electrons. The zero-order valence-electron chi connectivity index (χ0n) is 9.13. The van der Waals surface area contributed by atoms with E-state index in [1.165, 1.54) is 11.8 Å². The van der Waals surface area contributed by atoms with Crippen LogP contribution in [-0.2, 0) is 7.05 Å². The molecule has 1 heterocycles. The van der Waals surface area contributed by atoms with Crippen LogP contribution in [0, 0.1) is 3.57 Å². The topological polar surface area (TPSA) is 47.8 Å². The number of ketones is 1. The van der Waals surface area contributed by atoms with Crippen LogP contribution in [0.2, 0.25) is 0 Å². The zero-order valence-corrected chi connectivity index (χ0v) is 12.1. The third-order valence-corrected chi connectivity index (χ3v) is 3.92. The van der Waals surface area contributed by atoms with Gasteiger partial charge >= 0.3 is 0 Å². The van der Waals surface area contributed by atoms with E-state index in [1.54, 1.807) is 10.9 Å². The fraction of sp³-hybridized carbons (Fsp3) is 0.182. The number of thioether (sulfide) groups is 1. The second-order valence-electron chi connectivity index (χ2n) is 3.44. The van der Waals surface area contributed by atoms with E-state index < -0.39 is 0 Å². The maximum absolute atomic E-state index is 11.9. The third kappa shape index (κ3) is 3.29. The van der Waals surface area contributed by atoms with Gasteiger partial charge in [0, 0.05) is 16.2 Å². The van der Waals surface area contributed by atoms with E-state index in [1.807, 2.05) is 31.3 Å². The summed E-state index contributed by atoms with van der Waals surface area (Å²) in [5.41, 5.74) is 0.736. The highest BCUT2D eigenvalue weighted by atomic mass is 127. The summed E-state index contributed by atoms with van der Waals surface area (Å²) < 4.78 is 2.92. The number of hydrogen-bond acceptors (Lipinski definition) is 4. The predicted molar refractivity (Wildman–Crippen MR) is 75.2 cm³/mol. The van der Waals surface area contributed by atoms with E-state index in [4.69, 9.17) is 0 Å². The van der Waals surface area contributed by atoms with Gasteiger partial charge < -0.3 is 4.57 Å². The van der Waals surface area contributed by atoms with Gasteiger partial charge in [0.15, 0.2) is 10.9 Å². The average molecular weight is 359 g/mol. The van der Waals surface area contributed by atoms with E-state index in [2.05, 4.69) is 32.8 Å². The summed E-state index contributed by atoms with van der Waals surface area (Å²) in [7, 11) is 1.86. The van der Waals surface area contributed by atoms with Crippen molar-refractivity contribution in [3.8, 4) is 0 Å². The Morgan fingerprint density at radius 3 is 2.71 bits per heavy atom. The number of rotatable bonds is 4. The highest BCUT2D eigenvalue weighted by Gasteiger charge is 2.08. The quantitative estimate of drug-likeness (QED) is 0.478. The largest absolute Gasteiger partial charge is 0.312 e. The molecule has 4 nitrogen and oxygen atoms in total. The van der Waals surface area contributed by atoms with E-state index in [0.717, 1.165) is 14.3 Å². The molecule has 0 aliphatic heterocycles. The monoisotopic (exact) mass is 359 g/mol. The van der Waals surface area contributed by atoms with Crippen LogP contribution in [0.1, 0.15) is 10.4 Å². The summed E-state index contributed by atoms with van der Waals surface area (Å²) in [6, 6.07) is 7.56. The first-order chi connectivity index (χ1) is 8.16. The Hall–Kier alpha value is -0.890. The molecule has 1 aromatic heterocycles. The molecule has 0 aliphatic carbocycles. The Morgan fingerprint density at radius 1 is 1.41 bits per heavy atom. The van der Waals surface area contributed by atoms with Gasteiger partial charge in [-0.1, -0.05) is 23.9 Å². The molecule has 0 aliphatic rings. The van der Waals surface area contributed by atoms with Gasteiger partial charge in [-0.2, -0.15) is 0 Å². The molecule has 0 saturated heterocycles. The molecule has 17 heavy (non-hydrogen) atoms. The molecule has 1 aromatic carbocycles. The van der Waals surface area contributed by atoms with Crippen LogP contribution in [-0.4, -0.2) is 26.3 Å². The molecule has 0 amide bonds. The molecule has 0 fully saturated rings. The van der Waals surface area contributed by atoms with Gasteiger partial charge in [0.1, 0.15) is 6.33 Å². The van der Waals surface area contributed by atoms with E-state index in [0.29, 0.717) is 5.75 Å². The Morgan fingerprint density at radius 2 is 2.12 bits per heavy atom. The summed E-state index contributed by atoms with van der Waals surface area (Å²) in [4.78, 5) is 11.9. The fourth-order valence-electron chi connectivity index (χ4n) is 1.25. The van der Waals surface area contributed by atoms with Gasteiger partial charge in [0.05, 0.1) is 5.75 Å². The molecule has 6 heteroatoms. The number of carbonyl (C=O) groups is 1. The number of halogens is 1. The Balaban J connectivity index is 1.98. The van der Waals surface area contributed by atoms with E-state index >= 15 is 0 Å². The number of carbonyl (C=O) groups excluding carboxylic acids is 1. The first kappa shape index (κ1) is 12.6. The minimum absolute atomic E-state index is 0.106. The van der Waals surface area contributed by atoms with Crippen molar-refractivity contribution in [2.24, 2.45) is 7.05 Å². The predicted octanol–water partition coefficient (Wildman–Crippen LogP) is 2.39. The Bertz CT molecular complexity index is 524. The lowest BCUT2D eigenvalue weighted by atomic mass is 10.2. The van der Waals surface area contributed by atoms with E-state index in [-0.39, 0.29) is 5.78 Å². The minimum atomic E-state index is 0.106. The number of nitrogens with zero attached hydrogens (tertiary/aromatic N) is 3. The number of benzene rings is 1. The van der Waals surface area contributed by atoms with Crippen molar-refractivity contribution in [1.82, 2.24) is 14.8 Å². The lowest BCUT2D eigenvalue weighted by Gasteiger charge is -2.01. The molecular weight excluding hydrogens is 349 g/mol. The van der Waals surface area contributed by atoms with Crippen molar-refractivity contribution < 1.29 is 4.79 Å². The Kier molecular flexibility index (Phi) is 4.16. The SMILES string of the molecule is Cn1cnnc1SCC(=O)c1ccc(I)cc1. The van der Waals surface area contributed by atoms with Crippen molar-refractivity contribution in [3.05, 3.63) is 39.7 Å². The van der Waals surface area contributed by atoms with Gasteiger partial charge in [-0.3, -0.25) is 4.79 Å². The summed E-state index contributed by atoms with van der Waals surface area (Å²) in [5, 5.41) is 8.44. The lowest BCUT2D eigenvalue weighted by molar-refractivity contribution is 0.102. The highest BCUT2D eigenvalue weighted by molar-refractivity contribution is 14.1. The lowest BCUT2D eigenvalue weighted by Crippen LogP contribution is -2.03. The van der Waals surface area contributed by atoms with Crippen molar-refractivity contribution >= 4 is 40.1 Å². The standard InChI is InChI=1S/C11H10IN3OS/c1-15-7-13-14-11(15)17-6-10(16)8-2-4-9(12)5-3-8/h2-5,7H,6H2,1H3. The fourth-order valence-corrected chi connectivity index (χ4v) is 2.39. The first-order valence-electron chi connectivity index (χ1n) is 4.92. The molecule has 0 saturated carbocycles. The zero-order chi connectivity index (χ0) is 12.3. The molecule has 88 valence electrons. The number of aromatic nitrogens is 3. The molecule has 0 spiro atoms. The smallest absolute Gasteiger partial charge is 0.191 e. The molecular formula is C11H10IN3OS. The normalized spacial score (nSPS) is 10.5. The molecule has 0 unspecified atom stereocenters. The van der Waals surface area contributed by atoms with E-state index in [9.17, 15) is 4.79 Å². The van der Waals surface area contributed by atoms with Gasteiger partial charge in [0.25, 0.3) is 0 Å². The summed E-state index contributed by atoms with van der Waals surface area (Å²) in [6.07, 6.45) is 1.62. The van der Waals surface area contributed by atoms with Gasteiger partial charge in [0.2, 0.25) is 0 Å². The number of aryl methyl sites for hydroxylation is 1. The minimum Gasteiger partial charge on any atom is -0.312 e. The van der Waals surface area contributed by atoms with Crippen molar-refractivity contribution in [1.29, 1.82) is 0 Å². The Labute approximate surface area is 117 Å². The maximum atomic E-state index is 11.9. The first-order valence-corrected chi connectivity index (χ1v) is 6.99. The summed E-state index contributed by atoms with van der Waals surface area (Å²) >= 11 is 3.61. The van der Waals surface area contributed by atoms with Gasteiger partial charge in [-0.05, 0) is 34.7 Å². The summed E-state index contributed by atoms with van der Waals surface area (Å²) in [5.74, 6) is 0.488. The van der Waals surface area contributed by atoms with Crippen LogP contribution >= 0.6 is 34.4 Å². The maximum Gasteiger partial charge on any atom is 0.191 e. The second kappa shape index (κ2) is 5.63. The molecule has 0 atom stereocenters. The number of hydrogen-bond donors (Lipinski definition) is 0. The van der Waals surface area contributed by atoms with Crippen LogP contribution in [0.3, 0.4) is 0 Å². The van der Waals surface area contributed by atoms with Crippen molar-refractivity contribution in [2.45, 2.75) is 5.16 Å². The molecule has 0 N–H and O–H groups in total. The van der Waals surface area contributed by atoms with Crippen LogP contribution in [0.5, 0.6) is 0 Å². The average Bonchev–Trinajstić information content (AvgIpc) is 2.73. The molecule has 2 aromatic rings. The van der Waals surface area contributed by atoms with Crippen molar-refractivity contribution in [2.75, 3.05) is 5.75 Å². The van der Waals surface area contributed by atoms with Crippen LogP contribution in [0.15, 0.2) is 35.7 Å². The van der Waals surface area contributed by atoms with Crippen molar-refractivity contribution in [3.63, 3.8) is 0 Å². The highest BCUT2D eigenvalue weighted by Crippen LogP contribution is 2.16. The third-order valence-electron chi connectivity index (χ3n) is 2.17. The number of Topliss-reactive ketones (excluding diaryl/α,β-unsaturated/α-hetero) is 1. The van der Waals surface area contributed by atoms with Crippen LogP contribution in [0.25, 0.3) is 0 Å². The molecule has 2 rings (SSSR count). The second-order valence-corrected chi connectivity index (χ2v) is 5.63. The summed E-state index contributed by atoms with van der Waals surface area (Å²) in [6.45, 7) is 0. The van der Waals surface area contributed by atoms with Gasteiger partial charge in [-0.25, -0.2) is 0 Å².